The van der Waals surface area contributed by atoms with Crippen LogP contribution >= 0.6 is 68.4 Å². The van der Waals surface area contributed by atoms with Crippen LogP contribution < -0.4 is 0 Å². The van der Waals surface area contributed by atoms with Crippen molar-refractivity contribution in [3.63, 3.8) is 0 Å². The van der Waals surface area contributed by atoms with E-state index in [9.17, 15) is 0 Å². The SMILES string of the molecule is ClC=CCl.IC=CI. The zero-order valence-electron chi connectivity index (χ0n) is 3.82. The van der Waals surface area contributed by atoms with Crippen LogP contribution in [-0.4, -0.2) is 0 Å². The number of hydrogen-bond donors (Lipinski definition) is 0. The molecule has 0 nitrogen and oxygen atoms in total. The monoisotopic (exact) mass is 376 g/mol. The predicted molar refractivity (Wildman–Crippen MR) is 58.0 cm³/mol. The maximum absolute atomic E-state index is 4.87. The molecule has 0 aliphatic rings. The maximum Gasteiger partial charge on any atom is 0.0156 e. The van der Waals surface area contributed by atoms with E-state index in [2.05, 4.69) is 45.2 Å². The lowest BCUT2D eigenvalue weighted by Gasteiger charge is -1.44. The first-order chi connectivity index (χ1) is 3.83. The zero-order chi connectivity index (χ0) is 6.83. The minimum Gasteiger partial charge on any atom is -0.0920 e. The largest absolute Gasteiger partial charge is 0.0920 e. The summed E-state index contributed by atoms with van der Waals surface area (Å²) in [6.07, 6.45) is 0. The molecule has 0 amide bonds. The fraction of sp³-hybridized carbons (Fsp3) is 0. The molecular formula is C4H4Cl2I2. The second-order valence-electron chi connectivity index (χ2n) is 0.504. The average molecular weight is 377 g/mol. The third kappa shape index (κ3) is 25.8. The second-order valence-corrected chi connectivity index (χ2v) is 2.45. The Morgan fingerprint density at radius 1 is 0.875 bits per heavy atom. The molecule has 0 atom stereocenters. The number of rotatable bonds is 0. The van der Waals surface area contributed by atoms with Gasteiger partial charge in [0.25, 0.3) is 0 Å². The van der Waals surface area contributed by atoms with Crippen molar-refractivity contribution in [2.45, 2.75) is 0 Å². The van der Waals surface area contributed by atoms with Crippen molar-refractivity contribution in [1.82, 2.24) is 0 Å². The quantitative estimate of drug-likeness (QED) is 0.554. The lowest BCUT2D eigenvalue weighted by Crippen LogP contribution is -1.11. The van der Waals surface area contributed by atoms with Gasteiger partial charge >= 0.3 is 0 Å². The minimum atomic E-state index is 1.24. The standard InChI is InChI=1S/C2H2Cl2.C2H2I2/c2*3-1-2-4/h2*1-2H. The van der Waals surface area contributed by atoms with Crippen LogP contribution in [0.3, 0.4) is 0 Å². The van der Waals surface area contributed by atoms with Crippen LogP contribution in [-0.2, 0) is 0 Å². The Balaban J connectivity index is 0. The summed E-state index contributed by atoms with van der Waals surface area (Å²) in [5, 5.41) is 0. The Hall–Kier alpha value is 1.52. The van der Waals surface area contributed by atoms with E-state index in [1.807, 2.05) is 8.17 Å². The van der Waals surface area contributed by atoms with Gasteiger partial charge in [0.1, 0.15) is 0 Å². The molecule has 0 spiro atoms. The van der Waals surface area contributed by atoms with E-state index in [1.54, 1.807) is 0 Å². The lowest BCUT2D eigenvalue weighted by atomic mass is 11.3. The Bertz CT molecular complexity index is 52.4. The van der Waals surface area contributed by atoms with Crippen LogP contribution in [0.15, 0.2) is 19.2 Å². The van der Waals surface area contributed by atoms with Crippen molar-refractivity contribution in [3.8, 4) is 0 Å². The molecule has 0 heterocycles. The molecule has 0 aromatic carbocycles. The molecule has 48 valence electrons. The lowest BCUT2D eigenvalue weighted by molar-refractivity contribution is 2.51. The Morgan fingerprint density at radius 2 is 1.12 bits per heavy atom. The molecule has 0 rings (SSSR count). The van der Waals surface area contributed by atoms with E-state index in [-0.39, 0.29) is 0 Å². The van der Waals surface area contributed by atoms with Gasteiger partial charge in [-0.2, -0.15) is 0 Å². The Morgan fingerprint density at radius 3 is 1.12 bits per heavy atom. The summed E-state index contributed by atoms with van der Waals surface area (Å²) < 4.78 is 3.91. The summed E-state index contributed by atoms with van der Waals surface area (Å²) in [5.74, 6) is 0. The van der Waals surface area contributed by atoms with Crippen LogP contribution in [0.25, 0.3) is 0 Å². The Labute approximate surface area is 86.6 Å². The van der Waals surface area contributed by atoms with Gasteiger partial charge in [-0.15, -0.1) is 0 Å². The van der Waals surface area contributed by atoms with E-state index in [4.69, 9.17) is 23.2 Å². The summed E-state index contributed by atoms with van der Waals surface area (Å²) in [6.45, 7) is 0. The summed E-state index contributed by atoms with van der Waals surface area (Å²) in [5.41, 5.74) is 2.48. The molecule has 0 radical (unpaired) electrons. The fourth-order valence-electron chi connectivity index (χ4n) is 0. The molecule has 0 unspecified atom stereocenters. The highest BCUT2D eigenvalue weighted by Crippen LogP contribution is 1.88. The van der Waals surface area contributed by atoms with Gasteiger partial charge in [-0.05, 0) is 8.17 Å². The molecule has 0 aromatic heterocycles. The minimum absolute atomic E-state index is 1.24. The Kier molecular flexibility index (Phi) is 24.2. The van der Waals surface area contributed by atoms with Gasteiger partial charge in [0.05, 0.1) is 0 Å². The third-order valence-electron chi connectivity index (χ3n) is 0.0952. The summed E-state index contributed by atoms with van der Waals surface area (Å²) in [6, 6.07) is 0. The highest BCUT2D eigenvalue weighted by molar-refractivity contribution is 14.1. The van der Waals surface area contributed by atoms with Gasteiger partial charge in [-0.3, -0.25) is 0 Å². The van der Waals surface area contributed by atoms with Crippen LogP contribution in [0.5, 0.6) is 0 Å². The van der Waals surface area contributed by atoms with Crippen molar-refractivity contribution < 1.29 is 0 Å². The average Bonchev–Trinajstić information content (AvgIpc) is 1.88. The van der Waals surface area contributed by atoms with Gasteiger partial charge in [-0.25, -0.2) is 0 Å². The van der Waals surface area contributed by atoms with Gasteiger partial charge in [0.15, 0.2) is 0 Å². The molecule has 0 saturated carbocycles. The topological polar surface area (TPSA) is 0 Å². The van der Waals surface area contributed by atoms with E-state index in [1.165, 1.54) is 11.1 Å². The van der Waals surface area contributed by atoms with Crippen molar-refractivity contribution in [2.24, 2.45) is 0 Å². The van der Waals surface area contributed by atoms with Crippen LogP contribution in [0.2, 0.25) is 0 Å². The molecule has 0 aliphatic carbocycles. The second kappa shape index (κ2) is 15.8. The molecule has 4 heteroatoms. The van der Waals surface area contributed by atoms with E-state index in [0.717, 1.165) is 0 Å². The smallest absolute Gasteiger partial charge is 0.0156 e. The number of halogens is 4. The molecule has 0 bridgehead atoms. The van der Waals surface area contributed by atoms with Gasteiger partial charge < -0.3 is 0 Å². The summed E-state index contributed by atoms with van der Waals surface area (Å²) >= 11 is 14.1. The van der Waals surface area contributed by atoms with Crippen LogP contribution in [0, 0.1) is 0 Å². The zero-order valence-corrected chi connectivity index (χ0v) is 9.65. The molecule has 0 aliphatic heterocycles. The molecule has 0 N–H and O–H groups in total. The molecule has 8 heavy (non-hydrogen) atoms. The first-order valence-corrected chi connectivity index (χ1v) is 4.90. The summed E-state index contributed by atoms with van der Waals surface area (Å²) in [7, 11) is 0. The van der Waals surface area contributed by atoms with Gasteiger partial charge in [0, 0.05) is 11.1 Å². The van der Waals surface area contributed by atoms with Crippen molar-refractivity contribution in [1.29, 1.82) is 0 Å². The molecule has 0 fully saturated rings. The van der Waals surface area contributed by atoms with Crippen molar-refractivity contribution in [2.75, 3.05) is 0 Å². The number of hydrogen-bond acceptors (Lipinski definition) is 0. The van der Waals surface area contributed by atoms with E-state index in [0.29, 0.717) is 0 Å². The van der Waals surface area contributed by atoms with Gasteiger partial charge in [-0.1, -0.05) is 68.4 Å². The third-order valence-corrected chi connectivity index (χ3v) is 2.57. The highest BCUT2D eigenvalue weighted by atomic mass is 127. The summed E-state index contributed by atoms with van der Waals surface area (Å²) in [4.78, 5) is 0. The molecule has 0 aromatic rings. The van der Waals surface area contributed by atoms with E-state index < -0.39 is 0 Å². The van der Waals surface area contributed by atoms with Gasteiger partial charge in [0.2, 0.25) is 0 Å². The first-order valence-electron chi connectivity index (χ1n) is 1.54. The van der Waals surface area contributed by atoms with Crippen LogP contribution in [0.4, 0.5) is 0 Å². The predicted octanol–water partition coefficient (Wildman–Crippen LogP) is 4.26. The maximum atomic E-state index is 4.87. The van der Waals surface area contributed by atoms with Crippen molar-refractivity contribution in [3.05, 3.63) is 19.2 Å². The normalized spacial score (nSPS) is 9.50. The highest BCUT2D eigenvalue weighted by Gasteiger charge is 1.40. The van der Waals surface area contributed by atoms with E-state index >= 15 is 0 Å². The molecule has 0 saturated heterocycles. The van der Waals surface area contributed by atoms with Crippen molar-refractivity contribution >= 4 is 68.4 Å². The first kappa shape index (κ1) is 12.2. The van der Waals surface area contributed by atoms with Crippen LogP contribution in [0.1, 0.15) is 0 Å². The molecular weight excluding hydrogens is 373 g/mol. The fourth-order valence-corrected chi connectivity index (χ4v) is 0.